The lowest BCUT2D eigenvalue weighted by Crippen LogP contribution is -2.28. The molecule has 0 N–H and O–H groups in total. The second-order valence-electron chi connectivity index (χ2n) is 5.98. The fourth-order valence-electron chi connectivity index (χ4n) is 5.13. The van der Waals surface area contributed by atoms with Crippen LogP contribution in [0.4, 0.5) is 0 Å². The van der Waals surface area contributed by atoms with Crippen LogP contribution in [0.5, 0.6) is 0 Å². The fraction of sp³-hybridized carbons (Fsp3) is 0.571. The molecule has 1 saturated carbocycles. The molecule has 0 aromatic rings. The highest BCUT2D eigenvalue weighted by molar-refractivity contribution is 5.98. The monoisotopic (exact) mass is 228 g/mol. The first-order valence-electron chi connectivity index (χ1n) is 6.43. The van der Waals surface area contributed by atoms with Gasteiger partial charge in [-0.25, -0.2) is 0 Å². The van der Waals surface area contributed by atoms with E-state index in [1.165, 1.54) is 17.6 Å². The normalized spacial score (nSPS) is 52.5. The van der Waals surface area contributed by atoms with Crippen LogP contribution in [0.3, 0.4) is 0 Å². The lowest BCUT2D eigenvalue weighted by Gasteiger charge is -2.26. The Bertz CT molecular complexity index is 498. The molecule has 17 heavy (non-hydrogen) atoms. The van der Waals surface area contributed by atoms with Gasteiger partial charge in [-0.1, -0.05) is 23.3 Å². The molecular weight excluding hydrogens is 216 g/mol. The summed E-state index contributed by atoms with van der Waals surface area (Å²) in [4.78, 5) is 23.5. The molecule has 4 aliphatic carbocycles. The number of fused-ring (bicyclic) bond motifs is 11. The van der Waals surface area contributed by atoms with E-state index >= 15 is 0 Å². The van der Waals surface area contributed by atoms with Gasteiger partial charge in [-0.05, 0) is 36.5 Å². The first kappa shape index (κ1) is 8.67. The summed E-state index contributed by atoms with van der Waals surface area (Å²) in [6.07, 6.45) is 6.80. The lowest BCUT2D eigenvalue weighted by molar-refractivity contribution is -0.154. The van der Waals surface area contributed by atoms with Crippen molar-refractivity contribution in [3.05, 3.63) is 23.3 Å². The number of carbonyl (C=O) groups excluding carboxylic acids is 2. The summed E-state index contributed by atoms with van der Waals surface area (Å²) in [6, 6.07) is 0. The van der Waals surface area contributed by atoms with E-state index in [1.54, 1.807) is 0 Å². The number of esters is 2. The van der Waals surface area contributed by atoms with Gasteiger partial charge < -0.3 is 4.74 Å². The highest BCUT2D eigenvalue weighted by Gasteiger charge is 2.65. The molecule has 86 valence electrons. The molecule has 1 heterocycles. The second-order valence-corrected chi connectivity index (χ2v) is 5.98. The Morgan fingerprint density at radius 3 is 1.94 bits per heavy atom. The van der Waals surface area contributed by atoms with E-state index in [0.717, 1.165) is 6.42 Å². The molecule has 0 spiro atoms. The van der Waals surface area contributed by atoms with Crippen LogP contribution in [0.2, 0.25) is 0 Å². The molecule has 0 amide bonds. The van der Waals surface area contributed by atoms with Gasteiger partial charge in [0.2, 0.25) is 0 Å². The maximum absolute atomic E-state index is 11.8. The summed E-state index contributed by atoms with van der Waals surface area (Å²) in [5.74, 6) is 0.969. The third kappa shape index (κ3) is 0.753. The van der Waals surface area contributed by atoms with E-state index in [2.05, 4.69) is 12.2 Å². The van der Waals surface area contributed by atoms with Gasteiger partial charge in [0, 0.05) is 0 Å². The van der Waals surface area contributed by atoms with Gasteiger partial charge in [0.25, 0.3) is 0 Å². The van der Waals surface area contributed by atoms with E-state index in [0.29, 0.717) is 23.7 Å². The molecule has 3 nitrogen and oxygen atoms in total. The Morgan fingerprint density at radius 1 is 0.882 bits per heavy atom. The van der Waals surface area contributed by atoms with E-state index in [1.807, 2.05) is 0 Å². The molecule has 5 rings (SSSR count). The van der Waals surface area contributed by atoms with Crippen molar-refractivity contribution in [2.75, 3.05) is 0 Å². The largest absolute Gasteiger partial charge is 0.393 e. The average molecular weight is 228 g/mol. The predicted octanol–water partition coefficient (Wildman–Crippen LogP) is 1.45. The molecule has 0 aromatic heterocycles. The zero-order valence-electron chi connectivity index (χ0n) is 9.26. The van der Waals surface area contributed by atoms with E-state index < -0.39 is 0 Å². The molecule has 0 aromatic carbocycles. The summed E-state index contributed by atoms with van der Waals surface area (Å²) in [5, 5.41) is 0. The van der Waals surface area contributed by atoms with Crippen molar-refractivity contribution in [1.82, 2.24) is 0 Å². The molecule has 5 aliphatic rings. The van der Waals surface area contributed by atoms with Crippen LogP contribution in [-0.2, 0) is 14.3 Å². The SMILES string of the molecule is O=C1OC(=O)[C@@H]2[C@@H]1[C@H]1C[C@H]2C2=C1[C@H]1C=C[C@H]2C1. The summed E-state index contributed by atoms with van der Waals surface area (Å²) in [7, 11) is 0. The van der Waals surface area contributed by atoms with Gasteiger partial charge in [-0.2, -0.15) is 0 Å². The fourth-order valence-corrected chi connectivity index (χ4v) is 5.13. The molecule has 3 heteroatoms. The number of ether oxygens (including phenoxy) is 1. The van der Waals surface area contributed by atoms with Crippen LogP contribution in [0.15, 0.2) is 23.3 Å². The summed E-state index contributed by atoms with van der Waals surface area (Å²) in [5.41, 5.74) is 3.02. The Kier molecular flexibility index (Phi) is 1.22. The number of allylic oxidation sites excluding steroid dienone is 4. The number of carbonyl (C=O) groups is 2. The summed E-state index contributed by atoms with van der Waals surface area (Å²) >= 11 is 0. The van der Waals surface area contributed by atoms with Crippen molar-refractivity contribution in [2.24, 2.45) is 35.5 Å². The van der Waals surface area contributed by atoms with E-state index in [-0.39, 0.29) is 23.8 Å². The minimum absolute atomic E-state index is 0.140. The van der Waals surface area contributed by atoms with Gasteiger partial charge in [-0.3, -0.25) is 9.59 Å². The Hall–Kier alpha value is -1.38. The van der Waals surface area contributed by atoms with Crippen molar-refractivity contribution in [3.8, 4) is 0 Å². The van der Waals surface area contributed by atoms with Crippen molar-refractivity contribution in [1.29, 1.82) is 0 Å². The Balaban J connectivity index is 1.69. The maximum atomic E-state index is 11.8. The van der Waals surface area contributed by atoms with Gasteiger partial charge in [0.05, 0.1) is 11.8 Å². The van der Waals surface area contributed by atoms with Crippen molar-refractivity contribution < 1.29 is 14.3 Å². The van der Waals surface area contributed by atoms with Gasteiger partial charge in [0.1, 0.15) is 0 Å². The highest BCUT2D eigenvalue weighted by Crippen LogP contribution is 2.66. The van der Waals surface area contributed by atoms with Crippen LogP contribution in [0.25, 0.3) is 0 Å². The standard InChI is InChI=1S/C14H12O3/c15-13-11-7-4-8(12(11)14(16)17-13)10-6-2-1-5(3-6)9(7)10/h1-2,5-8,11-12H,3-4H2/t5-,6-,7-,8-,11-,12-/m0/s1. The third-order valence-corrected chi connectivity index (χ3v) is 5.52. The Morgan fingerprint density at radius 2 is 1.41 bits per heavy atom. The molecule has 2 fully saturated rings. The van der Waals surface area contributed by atoms with Crippen LogP contribution in [0, 0.1) is 35.5 Å². The molecule has 6 atom stereocenters. The van der Waals surface area contributed by atoms with Crippen LogP contribution in [-0.4, -0.2) is 11.9 Å². The zero-order valence-corrected chi connectivity index (χ0v) is 9.26. The Labute approximate surface area is 98.5 Å². The first-order chi connectivity index (χ1) is 8.25. The number of rotatable bonds is 0. The quantitative estimate of drug-likeness (QED) is 0.273. The lowest BCUT2D eigenvalue weighted by atomic mass is 9.74. The zero-order chi connectivity index (χ0) is 11.3. The second kappa shape index (κ2) is 2.40. The first-order valence-corrected chi connectivity index (χ1v) is 6.43. The van der Waals surface area contributed by atoms with Crippen molar-refractivity contribution in [2.45, 2.75) is 12.8 Å². The molecule has 0 radical (unpaired) electrons. The molecule has 0 unspecified atom stereocenters. The van der Waals surface area contributed by atoms with Crippen molar-refractivity contribution in [3.63, 3.8) is 0 Å². The van der Waals surface area contributed by atoms with Crippen LogP contribution in [0.1, 0.15) is 12.8 Å². The number of hydrogen-bond acceptors (Lipinski definition) is 3. The summed E-state index contributed by atoms with van der Waals surface area (Å²) < 4.78 is 4.84. The topological polar surface area (TPSA) is 43.4 Å². The maximum Gasteiger partial charge on any atom is 0.318 e. The van der Waals surface area contributed by atoms with Crippen molar-refractivity contribution >= 4 is 11.9 Å². The van der Waals surface area contributed by atoms with Crippen LogP contribution < -0.4 is 0 Å². The van der Waals surface area contributed by atoms with Crippen LogP contribution >= 0.6 is 0 Å². The minimum Gasteiger partial charge on any atom is -0.393 e. The summed E-state index contributed by atoms with van der Waals surface area (Å²) in [6.45, 7) is 0. The van der Waals surface area contributed by atoms with Gasteiger partial charge in [0.15, 0.2) is 0 Å². The molecule has 4 bridgehead atoms. The number of cyclic esters (lactones) is 2. The molecule has 1 aliphatic heterocycles. The van der Waals surface area contributed by atoms with Gasteiger partial charge >= 0.3 is 11.9 Å². The predicted molar refractivity (Wildman–Crippen MR) is 57.4 cm³/mol. The van der Waals surface area contributed by atoms with E-state index in [9.17, 15) is 9.59 Å². The minimum atomic E-state index is -0.259. The molecular formula is C14H12O3. The average Bonchev–Trinajstić information content (AvgIpc) is 3.03. The third-order valence-electron chi connectivity index (χ3n) is 5.52. The van der Waals surface area contributed by atoms with E-state index in [4.69, 9.17) is 4.74 Å². The molecule has 1 saturated heterocycles. The number of hydrogen-bond donors (Lipinski definition) is 0. The highest BCUT2D eigenvalue weighted by atomic mass is 16.6. The smallest absolute Gasteiger partial charge is 0.318 e. The van der Waals surface area contributed by atoms with Gasteiger partial charge in [-0.15, -0.1) is 0 Å².